The Bertz CT molecular complexity index is 361. The monoisotopic (exact) mass is 206 g/mol. The number of Topliss-reactive ketones (excluding diaryl/α,β-unsaturated/α-hetero) is 1. The van der Waals surface area contributed by atoms with Crippen LogP contribution in [0.3, 0.4) is 0 Å². The molecule has 3 heteroatoms. The molecule has 1 aliphatic carbocycles. The van der Waals surface area contributed by atoms with Gasteiger partial charge in [-0.15, -0.1) is 0 Å². The van der Waals surface area contributed by atoms with Crippen molar-refractivity contribution in [3.63, 3.8) is 0 Å². The average Bonchev–Trinajstić information content (AvgIpc) is 2.65. The smallest absolute Gasteiger partial charge is 0.188 e. The maximum absolute atomic E-state index is 12.3. The van der Waals surface area contributed by atoms with Crippen molar-refractivity contribution in [1.29, 1.82) is 0 Å². The van der Waals surface area contributed by atoms with Gasteiger partial charge in [0.05, 0.1) is 0 Å². The first kappa shape index (κ1) is 10.4. The van der Waals surface area contributed by atoms with E-state index >= 15 is 0 Å². The number of carbonyl (C=O) groups is 1. The minimum atomic E-state index is -0.160. The molecule has 0 bridgehead atoms. The minimum absolute atomic E-state index is 0.160. The van der Waals surface area contributed by atoms with Crippen LogP contribution in [-0.2, 0) is 7.05 Å². The lowest BCUT2D eigenvalue weighted by atomic mass is 9.72. The predicted molar refractivity (Wildman–Crippen MR) is 58.7 cm³/mol. The van der Waals surface area contributed by atoms with Crippen molar-refractivity contribution in [2.75, 3.05) is 0 Å². The topological polar surface area (TPSA) is 34.9 Å². The van der Waals surface area contributed by atoms with E-state index in [0.29, 0.717) is 5.69 Å². The molecule has 15 heavy (non-hydrogen) atoms. The van der Waals surface area contributed by atoms with Gasteiger partial charge in [-0.2, -0.15) is 5.10 Å². The molecule has 1 fully saturated rings. The van der Waals surface area contributed by atoms with Gasteiger partial charge in [0, 0.05) is 18.7 Å². The van der Waals surface area contributed by atoms with Crippen LogP contribution in [0.15, 0.2) is 12.3 Å². The van der Waals surface area contributed by atoms with Crippen molar-refractivity contribution in [2.45, 2.75) is 39.0 Å². The number of aromatic nitrogens is 2. The Hall–Kier alpha value is -1.12. The molecule has 1 aromatic rings. The SMILES string of the molecule is Cn1ccc(C(=O)C2(C)CCCCC2)n1. The third-order valence-corrected chi connectivity index (χ3v) is 3.45. The first-order valence-electron chi connectivity index (χ1n) is 5.66. The van der Waals surface area contributed by atoms with Gasteiger partial charge in [0.15, 0.2) is 5.78 Å². The van der Waals surface area contributed by atoms with Gasteiger partial charge in [-0.05, 0) is 18.9 Å². The lowest BCUT2D eigenvalue weighted by Gasteiger charge is -2.31. The molecule has 0 amide bonds. The highest BCUT2D eigenvalue weighted by Crippen LogP contribution is 2.38. The summed E-state index contributed by atoms with van der Waals surface area (Å²) < 4.78 is 1.69. The van der Waals surface area contributed by atoms with Gasteiger partial charge in [0.2, 0.25) is 0 Å². The average molecular weight is 206 g/mol. The molecule has 0 saturated heterocycles. The summed E-state index contributed by atoms with van der Waals surface area (Å²) in [5.41, 5.74) is 0.467. The number of ketones is 1. The van der Waals surface area contributed by atoms with Gasteiger partial charge < -0.3 is 0 Å². The molecule has 1 saturated carbocycles. The molecule has 0 unspecified atom stereocenters. The van der Waals surface area contributed by atoms with E-state index in [1.807, 2.05) is 19.3 Å². The van der Waals surface area contributed by atoms with Crippen LogP contribution >= 0.6 is 0 Å². The second-order valence-electron chi connectivity index (χ2n) is 4.83. The number of carbonyl (C=O) groups excluding carboxylic acids is 1. The quantitative estimate of drug-likeness (QED) is 0.697. The molecule has 1 heterocycles. The highest BCUT2D eigenvalue weighted by Gasteiger charge is 2.36. The number of hydrogen-bond donors (Lipinski definition) is 0. The molecule has 82 valence electrons. The van der Waals surface area contributed by atoms with Crippen molar-refractivity contribution < 1.29 is 4.79 Å². The molecule has 0 atom stereocenters. The number of aryl methyl sites for hydroxylation is 1. The van der Waals surface area contributed by atoms with Crippen LogP contribution in [0.4, 0.5) is 0 Å². The summed E-state index contributed by atoms with van der Waals surface area (Å²) in [7, 11) is 1.85. The first-order chi connectivity index (χ1) is 7.12. The van der Waals surface area contributed by atoms with E-state index in [2.05, 4.69) is 12.0 Å². The highest BCUT2D eigenvalue weighted by molar-refractivity contribution is 5.98. The van der Waals surface area contributed by atoms with E-state index in [9.17, 15) is 4.79 Å². The zero-order valence-electron chi connectivity index (χ0n) is 9.49. The van der Waals surface area contributed by atoms with Crippen LogP contribution in [0.25, 0.3) is 0 Å². The molecule has 1 aromatic heterocycles. The van der Waals surface area contributed by atoms with E-state index in [0.717, 1.165) is 12.8 Å². The fraction of sp³-hybridized carbons (Fsp3) is 0.667. The third kappa shape index (κ3) is 1.96. The van der Waals surface area contributed by atoms with Gasteiger partial charge >= 0.3 is 0 Å². The lowest BCUT2D eigenvalue weighted by molar-refractivity contribution is 0.0743. The zero-order valence-corrected chi connectivity index (χ0v) is 9.49. The van der Waals surface area contributed by atoms with Gasteiger partial charge in [-0.1, -0.05) is 26.2 Å². The predicted octanol–water partition coefficient (Wildman–Crippen LogP) is 2.57. The molecule has 0 spiro atoms. The second kappa shape index (κ2) is 3.80. The van der Waals surface area contributed by atoms with Gasteiger partial charge in [-0.3, -0.25) is 9.48 Å². The number of nitrogens with zero attached hydrogens (tertiary/aromatic N) is 2. The van der Waals surface area contributed by atoms with Crippen LogP contribution in [0, 0.1) is 5.41 Å². The van der Waals surface area contributed by atoms with Crippen LogP contribution in [-0.4, -0.2) is 15.6 Å². The summed E-state index contributed by atoms with van der Waals surface area (Å²) in [4.78, 5) is 12.3. The fourth-order valence-electron chi connectivity index (χ4n) is 2.40. The van der Waals surface area contributed by atoms with Gasteiger partial charge in [0.1, 0.15) is 5.69 Å². The van der Waals surface area contributed by atoms with Gasteiger partial charge in [-0.25, -0.2) is 0 Å². The summed E-state index contributed by atoms with van der Waals surface area (Å²) in [5, 5.41) is 4.20. The van der Waals surface area contributed by atoms with E-state index in [4.69, 9.17) is 0 Å². The Balaban J connectivity index is 2.19. The summed E-state index contributed by atoms with van der Waals surface area (Å²) in [6, 6.07) is 1.82. The molecular weight excluding hydrogens is 188 g/mol. The van der Waals surface area contributed by atoms with Crippen LogP contribution < -0.4 is 0 Å². The molecule has 0 aliphatic heterocycles. The number of rotatable bonds is 2. The maximum Gasteiger partial charge on any atom is 0.188 e. The van der Waals surface area contributed by atoms with Crippen molar-refractivity contribution >= 4 is 5.78 Å². The number of hydrogen-bond acceptors (Lipinski definition) is 2. The first-order valence-corrected chi connectivity index (χ1v) is 5.66. The van der Waals surface area contributed by atoms with Crippen LogP contribution in [0.2, 0.25) is 0 Å². The molecule has 2 rings (SSSR count). The molecule has 1 aliphatic rings. The maximum atomic E-state index is 12.3. The van der Waals surface area contributed by atoms with Crippen molar-refractivity contribution in [2.24, 2.45) is 12.5 Å². The highest BCUT2D eigenvalue weighted by atomic mass is 16.1. The van der Waals surface area contributed by atoms with Crippen molar-refractivity contribution in [3.8, 4) is 0 Å². The van der Waals surface area contributed by atoms with Crippen LogP contribution in [0.5, 0.6) is 0 Å². The summed E-state index contributed by atoms with van der Waals surface area (Å²) in [6.45, 7) is 2.09. The molecule has 0 radical (unpaired) electrons. The fourth-order valence-corrected chi connectivity index (χ4v) is 2.40. The van der Waals surface area contributed by atoms with E-state index < -0.39 is 0 Å². The summed E-state index contributed by atoms with van der Waals surface area (Å²) >= 11 is 0. The lowest BCUT2D eigenvalue weighted by Crippen LogP contribution is -2.30. The summed E-state index contributed by atoms with van der Waals surface area (Å²) in [6.07, 6.45) is 7.49. The standard InChI is InChI=1S/C12H18N2O/c1-12(7-4-3-5-8-12)11(15)10-6-9-14(2)13-10/h6,9H,3-5,7-8H2,1-2H3. The molecule has 0 N–H and O–H groups in total. The second-order valence-corrected chi connectivity index (χ2v) is 4.83. The van der Waals surface area contributed by atoms with E-state index in [1.54, 1.807) is 4.68 Å². The zero-order chi connectivity index (χ0) is 10.9. The van der Waals surface area contributed by atoms with E-state index in [1.165, 1.54) is 19.3 Å². The Labute approximate surface area is 90.5 Å². The van der Waals surface area contributed by atoms with Crippen molar-refractivity contribution in [3.05, 3.63) is 18.0 Å². The largest absolute Gasteiger partial charge is 0.292 e. The molecule has 3 nitrogen and oxygen atoms in total. The van der Waals surface area contributed by atoms with Gasteiger partial charge in [0.25, 0.3) is 0 Å². The molecular formula is C12H18N2O. The van der Waals surface area contributed by atoms with E-state index in [-0.39, 0.29) is 11.2 Å². The normalized spacial score (nSPS) is 20.1. The van der Waals surface area contributed by atoms with Crippen LogP contribution in [0.1, 0.15) is 49.5 Å². The Morgan fingerprint density at radius 2 is 2.07 bits per heavy atom. The van der Waals surface area contributed by atoms with Crippen molar-refractivity contribution in [1.82, 2.24) is 9.78 Å². The minimum Gasteiger partial charge on any atom is -0.292 e. The Morgan fingerprint density at radius 3 is 2.60 bits per heavy atom. The Morgan fingerprint density at radius 1 is 1.40 bits per heavy atom. The third-order valence-electron chi connectivity index (χ3n) is 3.45. The molecule has 0 aromatic carbocycles. The summed E-state index contributed by atoms with van der Waals surface area (Å²) in [5.74, 6) is 0.225. The Kier molecular flexibility index (Phi) is 2.63.